The highest BCUT2D eigenvalue weighted by atomic mass is 16.5. The number of methoxy groups -OCH3 is 1. The van der Waals surface area contributed by atoms with Crippen molar-refractivity contribution in [3.8, 4) is 5.88 Å². The minimum atomic E-state index is 0.739. The molecule has 12 heavy (non-hydrogen) atoms. The van der Waals surface area contributed by atoms with Crippen LogP contribution in [0.5, 0.6) is 5.88 Å². The first-order chi connectivity index (χ1) is 5.81. The minimum absolute atomic E-state index is 0.739. The molecule has 0 bridgehead atoms. The fourth-order valence-corrected chi connectivity index (χ4v) is 1.26. The third-order valence-electron chi connectivity index (χ3n) is 1.88. The lowest BCUT2D eigenvalue weighted by Crippen LogP contribution is -1.85. The van der Waals surface area contributed by atoms with Crippen LogP contribution in [0.4, 0.5) is 5.69 Å². The summed E-state index contributed by atoms with van der Waals surface area (Å²) in [5.41, 5.74) is 7.42. The zero-order valence-electron chi connectivity index (χ0n) is 6.79. The molecule has 0 aliphatic heterocycles. The van der Waals surface area contributed by atoms with Gasteiger partial charge in [0.2, 0.25) is 0 Å². The number of nitrogens with one attached hydrogen (secondary N) is 1. The van der Waals surface area contributed by atoms with E-state index in [1.165, 1.54) is 0 Å². The van der Waals surface area contributed by atoms with Gasteiger partial charge >= 0.3 is 0 Å². The molecule has 3 heteroatoms. The highest BCUT2D eigenvalue weighted by Gasteiger charge is 2.01. The molecule has 2 aromatic rings. The number of rotatable bonds is 1. The second-order valence-electron chi connectivity index (χ2n) is 2.65. The number of benzene rings is 1. The summed E-state index contributed by atoms with van der Waals surface area (Å²) in [6, 6.07) is 7.69. The molecule has 0 atom stereocenters. The van der Waals surface area contributed by atoms with Gasteiger partial charge in [-0.3, -0.25) is 0 Å². The van der Waals surface area contributed by atoms with Crippen molar-refractivity contribution in [1.82, 2.24) is 4.98 Å². The lowest BCUT2D eigenvalue weighted by molar-refractivity contribution is 0.401. The Labute approximate surface area is 70.1 Å². The molecule has 0 saturated carbocycles. The molecule has 0 saturated heterocycles. The van der Waals surface area contributed by atoms with E-state index < -0.39 is 0 Å². The van der Waals surface area contributed by atoms with E-state index in [2.05, 4.69) is 4.98 Å². The van der Waals surface area contributed by atoms with Gasteiger partial charge in [0.15, 0.2) is 5.88 Å². The van der Waals surface area contributed by atoms with E-state index in [1.807, 2.05) is 24.3 Å². The molecule has 0 spiro atoms. The molecule has 1 aromatic heterocycles. The van der Waals surface area contributed by atoms with Gasteiger partial charge in [-0.25, -0.2) is 0 Å². The zero-order valence-corrected chi connectivity index (χ0v) is 6.79. The molecule has 2 rings (SSSR count). The Morgan fingerprint density at radius 2 is 2.25 bits per heavy atom. The number of ether oxygens (including phenoxy) is 1. The van der Waals surface area contributed by atoms with E-state index in [0.717, 1.165) is 22.5 Å². The van der Waals surface area contributed by atoms with Gasteiger partial charge in [-0.15, -0.1) is 0 Å². The van der Waals surface area contributed by atoms with Gasteiger partial charge in [0, 0.05) is 11.5 Å². The van der Waals surface area contributed by atoms with E-state index in [0.29, 0.717) is 0 Å². The van der Waals surface area contributed by atoms with Crippen LogP contribution in [0, 0.1) is 0 Å². The highest BCUT2D eigenvalue weighted by molar-refractivity contribution is 5.91. The van der Waals surface area contributed by atoms with E-state index in [-0.39, 0.29) is 0 Å². The first-order valence-electron chi connectivity index (χ1n) is 3.72. The third kappa shape index (κ3) is 0.906. The summed E-state index contributed by atoms with van der Waals surface area (Å²) in [5.74, 6) is 0.739. The molecule has 62 valence electrons. The zero-order chi connectivity index (χ0) is 8.55. The molecular weight excluding hydrogens is 152 g/mol. The Balaban J connectivity index is 2.74. The number of nitrogen functional groups attached to an aromatic ring is 1. The highest BCUT2D eigenvalue weighted by Crippen LogP contribution is 2.24. The summed E-state index contributed by atoms with van der Waals surface area (Å²) in [7, 11) is 1.63. The third-order valence-corrected chi connectivity index (χ3v) is 1.88. The van der Waals surface area contributed by atoms with Crippen molar-refractivity contribution in [2.24, 2.45) is 0 Å². The number of nitrogens with two attached hydrogens (primary N) is 1. The normalized spacial score (nSPS) is 10.4. The van der Waals surface area contributed by atoms with Gasteiger partial charge in [-0.05, 0) is 6.07 Å². The summed E-state index contributed by atoms with van der Waals surface area (Å²) in [4.78, 5) is 3.07. The van der Waals surface area contributed by atoms with Crippen LogP contribution in [0.15, 0.2) is 24.3 Å². The van der Waals surface area contributed by atoms with Crippen LogP contribution in [0.25, 0.3) is 10.9 Å². The molecule has 0 aliphatic carbocycles. The Morgan fingerprint density at radius 1 is 1.42 bits per heavy atom. The fraction of sp³-hybridized carbons (Fsp3) is 0.111. The second-order valence-corrected chi connectivity index (χ2v) is 2.65. The van der Waals surface area contributed by atoms with Gasteiger partial charge in [0.25, 0.3) is 0 Å². The lowest BCUT2D eigenvalue weighted by Gasteiger charge is -1.93. The van der Waals surface area contributed by atoms with Gasteiger partial charge in [-0.1, -0.05) is 12.1 Å². The first kappa shape index (κ1) is 7.03. The first-order valence-corrected chi connectivity index (χ1v) is 3.72. The maximum absolute atomic E-state index is 5.74. The van der Waals surface area contributed by atoms with Crippen molar-refractivity contribution in [1.29, 1.82) is 0 Å². The number of aromatic nitrogens is 1. The van der Waals surface area contributed by atoms with E-state index >= 15 is 0 Å². The average Bonchev–Trinajstić information content (AvgIpc) is 2.49. The van der Waals surface area contributed by atoms with Crippen molar-refractivity contribution in [3.05, 3.63) is 24.3 Å². The van der Waals surface area contributed by atoms with Crippen molar-refractivity contribution in [3.63, 3.8) is 0 Å². The van der Waals surface area contributed by atoms with Crippen LogP contribution in [-0.4, -0.2) is 12.1 Å². The number of para-hydroxylation sites is 1. The van der Waals surface area contributed by atoms with Gasteiger partial charge in [0.05, 0.1) is 18.3 Å². The molecule has 3 nitrogen and oxygen atoms in total. The molecule has 0 amide bonds. The van der Waals surface area contributed by atoms with Crippen molar-refractivity contribution in [2.75, 3.05) is 12.8 Å². The number of aromatic amines is 1. The van der Waals surface area contributed by atoms with E-state index in [4.69, 9.17) is 10.5 Å². The summed E-state index contributed by atoms with van der Waals surface area (Å²) in [6.45, 7) is 0. The molecule has 1 heterocycles. The predicted octanol–water partition coefficient (Wildman–Crippen LogP) is 1.76. The number of fused-ring (bicyclic) bond motifs is 1. The number of anilines is 1. The largest absolute Gasteiger partial charge is 0.482 e. The molecule has 0 aliphatic rings. The van der Waals surface area contributed by atoms with Crippen molar-refractivity contribution in [2.45, 2.75) is 0 Å². The summed E-state index contributed by atoms with van der Waals surface area (Å²) < 4.78 is 5.04. The van der Waals surface area contributed by atoms with Crippen LogP contribution >= 0.6 is 0 Å². The Kier molecular flexibility index (Phi) is 1.43. The van der Waals surface area contributed by atoms with Crippen molar-refractivity contribution < 1.29 is 4.74 Å². The van der Waals surface area contributed by atoms with E-state index in [1.54, 1.807) is 7.11 Å². The number of H-pyrrole nitrogens is 1. The van der Waals surface area contributed by atoms with Crippen LogP contribution in [0.2, 0.25) is 0 Å². The monoisotopic (exact) mass is 162 g/mol. The molecule has 0 radical (unpaired) electrons. The average molecular weight is 162 g/mol. The Hall–Kier alpha value is -1.64. The quantitative estimate of drug-likeness (QED) is 0.628. The summed E-state index contributed by atoms with van der Waals surface area (Å²) in [6.07, 6.45) is 0. The summed E-state index contributed by atoms with van der Waals surface area (Å²) >= 11 is 0. The number of hydrogen-bond acceptors (Lipinski definition) is 2. The van der Waals surface area contributed by atoms with Crippen LogP contribution in [0.1, 0.15) is 0 Å². The van der Waals surface area contributed by atoms with Crippen molar-refractivity contribution >= 4 is 16.6 Å². The number of hydrogen-bond donors (Lipinski definition) is 2. The second kappa shape index (κ2) is 2.44. The SMILES string of the molecule is COc1cc2cccc(N)c2[nH]1. The molecular formula is C9H10N2O. The Morgan fingerprint density at radius 3 is 2.92 bits per heavy atom. The van der Waals surface area contributed by atoms with Crippen LogP contribution in [0.3, 0.4) is 0 Å². The smallest absolute Gasteiger partial charge is 0.191 e. The summed E-state index contributed by atoms with van der Waals surface area (Å²) in [5, 5.41) is 1.08. The van der Waals surface area contributed by atoms with E-state index in [9.17, 15) is 0 Å². The molecule has 3 N–H and O–H groups in total. The lowest BCUT2D eigenvalue weighted by atomic mass is 10.2. The standard InChI is InChI=1S/C9H10N2O/c1-12-8-5-6-3-2-4-7(10)9(6)11-8/h2-5,11H,10H2,1H3. The van der Waals surface area contributed by atoms with Gasteiger partial charge < -0.3 is 15.5 Å². The minimum Gasteiger partial charge on any atom is -0.482 e. The fourth-order valence-electron chi connectivity index (χ4n) is 1.26. The van der Waals surface area contributed by atoms with Crippen LogP contribution in [-0.2, 0) is 0 Å². The maximum Gasteiger partial charge on any atom is 0.191 e. The Bertz CT molecular complexity index is 406. The van der Waals surface area contributed by atoms with Gasteiger partial charge in [-0.2, -0.15) is 0 Å². The van der Waals surface area contributed by atoms with Gasteiger partial charge in [0.1, 0.15) is 0 Å². The predicted molar refractivity (Wildman–Crippen MR) is 49.3 cm³/mol. The van der Waals surface area contributed by atoms with Crippen LogP contribution < -0.4 is 10.5 Å². The topological polar surface area (TPSA) is 51.0 Å². The molecule has 0 fully saturated rings. The maximum atomic E-state index is 5.74. The molecule has 1 aromatic carbocycles. The molecule has 0 unspecified atom stereocenters.